The second-order valence-corrected chi connectivity index (χ2v) is 4.58. The van der Waals surface area contributed by atoms with Crippen molar-refractivity contribution in [3.05, 3.63) is 11.4 Å². The number of thiophene rings is 1. The summed E-state index contributed by atoms with van der Waals surface area (Å²) in [5.41, 5.74) is 0. The molecule has 0 fully saturated rings. The van der Waals surface area contributed by atoms with Crippen molar-refractivity contribution < 1.29 is 0 Å². The third kappa shape index (κ3) is 1.95. The minimum absolute atomic E-state index is 0.688. The number of rotatable bonds is 4. The number of fused-ring (bicyclic) bond motifs is 1. The van der Waals surface area contributed by atoms with Crippen molar-refractivity contribution in [2.45, 2.75) is 13.3 Å². The van der Waals surface area contributed by atoms with Gasteiger partial charge in [0, 0.05) is 20.6 Å². The lowest BCUT2D eigenvalue weighted by molar-refractivity contribution is 0.841. The van der Waals surface area contributed by atoms with E-state index in [0.29, 0.717) is 5.95 Å². The van der Waals surface area contributed by atoms with Gasteiger partial charge in [-0.3, -0.25) is 0 Å². The number of anilines is 2. The molecule has 0 amide bonds. The van der Waals surface area contributed by atoms with Crippen LogP contribution >= 0.6 is 11.3 Å². The topological polar surface area (TPSA) is 41.1 Å². The summed E-state index contributed by atoms with van der Waals surface area (Å²) in [4.78, 5) is 12.2. The molecule has 0 unspecified atom stereocenters. The Labute approximate surface area is 99.3 Å². The van der Waals surface area contributed by atoms with E-state index in [2.05, 4.69) is 45.6 Å². The van der Waals surface area contributed by atoms with Crippen molar-refractivity contribution in [1.82, 2.24) is 9.97 Å². The van der Waals surface area contributed by atoms with Gasteiger partial charge in [0.25, 0.3) is 0 Å². The summed E-state index contributed by atoms with van der Waals surface area (Å²) < 4.78 is 0. The fourth-order valence-electron chi connectivity index (χ4n) is 1.68. The largest absolute Gasteiger partial charge is 0.359 e. The van der Waals surface area contributed by atoms with Gasteiger partial charge in [-0.1, -0.05) is 6.92 Å². The standard InChI is InChI=1S/C11H16N4S/c1-4-6-15(3)9-8-5-7-16-10(8)14-11(12-2)13-9/h5,7H,4,6H2,1-3H3,(H,12,13,14). The summed E-state index contributed by atoms with van der Waals surface area (Å²) in [5, 5.41) is 6.20. The summed E-state index contributed by atoms with van der Waals surface area (Å²) in [6.07, 6.45) is 1.11. The zero-order valence-electron chi connectivity index (χ0n) is 9.82. The van der Waals surface area contributed by atoms with Crippen LogP contribution in [0.3, 0.4) is 0 Å². The third-order valence-electron chi connectivity index (χ3n) is 2.45. The minimum atomic E-state index is 0.688. The third-order valence-corrected chi connectivity index (χ3v) is 3.26. The van der Waals surface area contributed by atoms with Crippen LogP contribution in [0.2, 0.25) is 0 Å². The van der Waals surface area contributed by atoms with Crippen molar-refractivity contribution >= 4 is 33.3 Å². The molecular weight excluding hydrogens is 220 g/mol. The second-order valence-electron chi connectivity index (χ2n) is 3.68. The molecular formula is C11H16N4S. The number of nitrogens with zero attached hydrogens (tertiary/aromatic N) is 3. The van der Waals surface area contributed by atoms with Crippen molar-refractivity contribution in [2.75, 3.05) is 30.9 Å². The monoisotopic (exact) mass is 236 g/mol. The molecule has 2 aromatic heterocycles. The average molecular weight is 236 g/mol. The SMILES string of the molecule is CCCN(C)c1nc(NC)nc2sccc12. The van der Waals surface area contributed by atoms with Crippen LogP contribution in [-0.2, 0) is 0 Å². The Bertz CT molecular complexity index is 480. The Kier molecular flexibility index (Phi) is 3.24. The summed E-state index contributed by atoms with van der Waals surface area (Å²) in [7, 11) is 3.92. The molecule has 0 spiro atoms. The van der Waals surface area contributed by atoms with Gasteiger partial charge >= 0.3 is 0 Å². The molecule has 2 aromatic rings. The molecule has 0 saturated carbocycles. The van der Waals surface area contributed by atoms with E-state index in [4.69, 9.17) is 0 Å². The fraction of sp³-hybridized carbons (Fsp3) is 0.455. The van der Waals surface area contributed by atoms with Crippen LogP contribution < -0.4 is 10.2 Å². The molecule has 0 radical (unpaired) electrons. The Morgan fingerprint density at radius 3 is 2.94 bits per heavy atom. The molecule has 0 aromatic carbocycles. The second kappa shape index (κ2) is 4.65. The quantitative estimate of drug-likeness (QED) is 0.886. The summed E-state index contributed by atoms with van der Waals surface area (Å²) >= 11 is 1.65. The number of aromatic nitrogens is 2. The lowest BCUT2D eigenvalue weighted by Crippen LogP contribution is -2.19. The minimum Gasteiger partial charge on any atom is -0.359 e. The van der Waals surface area contributed by atoms with Crippen LogP contribution in [0.5, 0.6) is 0 Å². The molecule has 0 aliphatic carbocycles. The molecule has 0 aliphatic heterocycles. The first-order valence-electron chi connectivity index (χ1n) is 5.40. The van der Waals surface area contributed by atoms with Gasteiger partial charge in [-0.05, 0) is 17.9 Å². The first-order valence-corrected chi connectivity index (χ1v) is 6.28. The van der Waals surface area contributed by atoms with Crippen molar-refractivity contribution in [3.63, 3.8) is 0 Å². The zero-order valence-corrected chi connectivity index (χ0v) is 10.6. The molecule has 2 rings (SSSR count). The van der Waals surface area contributed by atoms with Gasteiger partial charge < -0.3 is 10.2 Å². The van der Waals surface area contributed by atoms with E-state index in [1.54, 1.807) is 11.3 Å². The molecule has 0 bridgehead atoms. The molecule has 5 heteroatoms. The van der Waals surface area contributed by atoms with Crippen LogP contribution in [0.25, 0.3) is 10.2 Å². The first kappa shape index (κ1) is 11.1. The van der Waals surface area contributed by atoms with Gasteiger partial charge in [0.05, 0.1) is 5.39 Å². The van der Waals surface area contributed by atoms with Crippen LogP contribution in [0.15, 0.2) is 11.4 Å². The van der Waals surface area contributed by atoms with E-state index in [1.807, 2.05) is 7.05 Å². The Balaban J connectivity index is 2.51. The number of hydrogen-bond donors (Lipinski definition) is 1. The van der Waals surface area contributed by atoms with Crippen molar-refractivity contribution in [1.29, 1.82) is 0 Å². The van der Waals surface area contributed by atoms with Crippen molar-refractivity contribution in [3.8, 4) is 0 Å². The maximum Gasteiger partial charge on any atom is 0.225 e. The summed E-state index contributed by atoms with van der Waals surface area (Å²) in [6, 6.07) is 2.08. The van der Waals surface area contributed by atoms with E-state index in [1.165, 1.54) is 0 Å². The van der Waals surface area contributed by atoms with Crippen LogP contribution in [0, 0.1) is 0 Å². The molecule has 0 aliphatic rings. The zero-order chi connectivity index (χ0) is 11.5. The van der Waals surface area contributed by atoms with E-state index in [-0.39, 0.29) is 0 Å². The van der Waals surface area contributed by atoms with E-state index in [0.717, 1.165) is 29.0 Å². The van der Waals surface area contributed by atoms with Crippen LogP contribution in [-0.4, -0.2) is 30.6 Å². The Morgan fingerprint density at radius 2 is 2.25 bits per heavy atom. The lowest BCUT2D eigenvalue weighted by Gasteiger charge is -2.18. The predicted molar refractivity (Wildman–Crippen MR) is 70.5 cm³/mol. The van der Waals surface area contributed by atoms with Crippen LogP contribution in [0.1, 0.15) is 13.3 Å². The normalized spacial score (nSPS) is 10.7. The maximum atomic E-state index is 4.52. The lowest BCUT2D eigenvalue weighted by atomic mass is 10.3. The van der Waals surface area contributed by atoms with Gasteiger partial charge in [-0.15, -0.1) is 11.3 Å². The highest BCUT2D eigenvalue weighted by Crippen LogP contribution is 2.28. The van der Waals surface area contributed by atoms with Gasteiger partial charge in [0.1, 0.15) is 10.6 Å². The Morgan fingerprint density at radius 1 is 1.44 bits per heavy atom. The van der Waals surface area contributed by atoms with Crippen molar-refractivity contribution in [2.24, 2.45) is 0 Å². The van der Waals surface area contributed by atoms with E-state index < -0.39 is 0 Å². The van der Waals surface area contributed by atoms with Gasteiger partial charge in [0.2, 0.25) is 5.95 Å². The number of hydrogen-bond acceptors (Lipinski definition) is 5. The first-order chi connectivity index (χ1) is 7.76. The fourth-order valence-corrected chi connectivity index (χ4v) is 2.44. The predicted octanol–water partition coefficient (Wildman–Crippen LogP) is 2.58. The maximum absolute atomic E-state index is 4.52. The highest BCUT2D eigenvalue weighted by atomic mass is 32.1. The molecule has 0 atom stereocenters. The summed E-state index contributed by atoms with van der Waals surface area (Å²) in [6.45, 7) is 3.17. The van der Waals surface area contributed by atoms with E-state index in [9.17, 15) is 0 Å². The molecule has 2 heterocycles. The average Bonchev–Trinajstić information content (AvgIpc) is 2.75. The highest BCUT2D eigenvalue weighted by molar-refractivity contribution is 7.16. The summed E-state index contributed by atoms with van der Waals surface area (Å²) in [5.74, 6) is 1.70. The van der Waals surface area contributed by atoms with Crippen LogP contribution in [0.4, 0.5) is 11.8 Å². The molecule has 16 heavy (non-hydrogen) atoms. The van der Waals surface area contributed by atoms with E-state index >= 15 is 0 Å². The van der Waals surface area contributed by atoms with Gasteiger partial charge in [-0.25, -0.2) is 4.98 Å². The molecule has 0 saturated heterocycles. The molecule has 86 valence electrons. The molecule has 4 nitrogen and oxygen atoms in total. The highest BCUT2D eigenvalue weighted by Gasteiger charge is 2.11. The smallest absolute Gasteiger partial charge is 0.225 e. The van der Waals surface area contributed by atoms with Gasteiger partial charge in [-0.2, -0.15) is 4.98 Å². The Hall–Kier alpha value is -1.36. The number of nitrogens with one attached hydrogen (secondary N) is 1. The molecule has 1 N–H and O–H groups in total. The van der Waals surface area contributed by atoms with Gasteiger partial charge in [0.15, 0.2) is 0 Å².